The number of rotatable bonds is 7. The van der Waals surface area contributed by atoms with Gasteiger partial charge in [-0.1, -0.05) is 42.5 Å². The summed E-state index contributed by atoms with van der Waals surface area (Å²) in [4.78, 5) is 26.8. The van der Waals surface area contributed by atoms with Gasteiger partial charge in [0.25, 0.3) is 0 Å². The number of nitrogens with two attached hydrogens (primary N) is 1. The van der Waals surface area contributed by atoms with Gasteiger partial charge in [0.15, 0.2) is 5.82 Å². The van der Waals surface area contributed by atoms with E-state index in [0.29, 0.717) is 18.9 Å². The first-order valence-electron chi connectivity index (χ1n) is 11.2. The Morgan fingerprint density at radius 3 is 2.79 bits per heavy atom. The van der Waals surface area contributed by atoms with E-state index >= 15 is 0 Å². The van der Waals surface area contributed by atoms with Gasteiger partial charge in [0.1, 0.15) is 23.8 Å². The zero-order valence-electron chi connectivity index (χ0n) is 18.6. The molecule has 3 N–H and O–H groups in total. The Kier molecular flexibility index (Phi) is 5.69. The molecule has 7 heteroatoms. The lowest BCUT2D eigenvalue weighted by Gasteiger charge is -2.19. The minimum absolute atomic E-state index is 0.246. The summed E-state index contributed by atoms with van der Waals surface area (Å²) < 4.78 is 6.00. The lowest BCUT2D eigenvalue weighted by atomic mass is 10.1. The van der Waals surface area contributed by atoms with E-state index in [9.17, 15) is 4.79 Å². The Hall–Kier alpha value is -3.87. The molecule has 1 aliphatic heterocycles. The molecule has 1 saturated heterocycles. The molecule has 2 aromatic heterocycles. The Labute approximate surface area is 192 Å². The Balaban J connectivity index is 1.48. The molecular weight excluding hydrogens is 414 g/mol. The second-order valence-electron chi connectivity index (χ2n) is 8.67. The zero-order chi connectivity index (χ0) is 22.8. The highest BCUT2D eigenvalue weighted by Gasteiger charge is 2.27. The fraction of sp³-hybridized carbons (Fsp3) is 0.269. The number of carbonyl (C=O) groups is 1. The SMILES string of the molecule is Cc1cccc(OCc2cc3c(N4CCC(CC(N)=O)C4)nc(-c4ccccc4)nc3[nH]2)c1. The monoisotopic (exact) mass is 441 g/mol. The van der Waals surface area contributed by atoms with Gasteiger partial charge in [-0.05, 0) is 43.0 Å². The number of ether oxygens (including phenoxy) is 1. The largest absolute Gasteiger partial charge is 0.487 e. The summed E-state index contributed by atoms with van der Waals surface area (Å²) in [7, 11) is 0. The van der Waals surface area contributed by atoms with Crippen molar-refractivity contribution in [1.29, 1.82) is 0 Å². The van der Waals surface area contributed by atoms with Crippen LogP contribution in [0.1, 0.15) is 24.1 Å². The van der Waals surface area contributed by atoms with Gasteiger partial charge in [-0.25, -0.2) is 9.97 Å². The molecule has 2 aromatic carbocycles. The van der Waals surface area contributed by atoms with Crippen LogP contribution in [0.5, 0.6) is 5.75 Å². The Bertz CT molecular complexity index is 1280. The summed E-state index contributed by atoms with van der Waals surface area (Å²) in [6, 6.07) is 20.0. The highest BCUT2D eigenvalue weighted by atomic mass is 16.5. The van der Waals surface area contributed by atoms with E-state index in [2.05, 4.69) is 16.0 Å². The van der Waals surface area contributed by atoms with Gasteiger partial charge in [-0.15, -0.1) is 0 Å². The predicted octanol–water partition coefficient (Wildman–Crippen LogP) is 4.21. The highest BCUT2D eigenvalue weighted by molar-refractivity contribution is 5.90. The number of benzene rings is 2. The highest BCUT2D eigenvalue weighted by Crippen LogP contribution is 2.32. The molecule has 0 saturated carbocycles. The summed E-state index contributed by atoms with van der Waals surface area (Å²) in [5, 5.41) is 0.956. The Morgan fingerprint density at radius 2 is 2.00 bits per heavy atom. The zero-order valence-corrected chi connectivity index (χ0v) is 18.6. The average Bonchev–Trinajstić information content (AvgIpc) is 3.44. The molecule has 0 aliphatic carbocycles. The van der Waals surface area contributed by atoms with E-state index in [4.69, 9.17) is 20.4 Å². The number of nitrogens with zero attached hydrogens (tertiary/aromatic N) is 3. The normalized spacial score (nSPS) is 15.8. The van der Waals surface area contributed by atoms with E-state index < -0.39 is 0 Å². The molecule has 0 spiro atoms. The number of nitrogens with one attached hydrogen (secondary N) is 1. The topological polar surface area (TPSA) is 97.1 Å². The van der Waals surface area contributed by atoms with Crippen molar-refractivity contribution in [3.05, 3.63) is 71.9 Å². The lowest BCUT2D eigenvalue weighted by Crippen LogP contribution is -2.23. The van der Waals surface area contributed by atoms with Crippen molar-refractivity contribution in [3.8, 4) is 17.1 Å². The molecule has 1 amide bonds. The number of carbonyl (C=O) groups excluding carboxylic acids is 1. The first-order chi connectivity index (χ1) is 16.0. The maximum absolute atomic E-state index is 11.4. The van der Waals surface area contributed by atoms with Crippen LogP contribution < -0.4 is 15.4 Å². The van der Waals surface area contributed by atoms with Crippen LogP contribution in [0.25, 0.3) is 22.4 Å². The molecule has 4 aromatic rings. The van der Waals surface area contributed by atoms with Crippen molar-refractivity contribution < 1.29 is 9.53 Å². The van der Waals surface area contributed by atoms with Crippen molar-refractivity contribution in [2.45, 2.75) is 26.4 Å². The molecular formula is C26H27N5O2. The van der Waals surface area contributed by atoms with Crippen molar-refractivity contribution in [1.82, 2.24) is 15.0 Å². The molecule has 1 atom stereocenters. The quantitative estimate of drug-likeness (QED) is 0.448. The first-order valence-corrected chi connectivity index (χ1v) is 11.2. The van der Waals surface area contributed by atoms with Crippen LogP contribution >= 0.6 is 0 Å². The molecule has 33 heavy (non-hydrogen) atoms. The average molecular weight is 442 g/mol. The van der Waals surface area contributed by atoms with Crippen molar-refractivity contribution in [2.75, 3.05) is 18.0 Å². The third-order valence-corrected chi connectivity index (χ3v) is 6.01. The van der Waals surface area contributed by atoms with E-state index in [1.165, 1.54) is 0 Å². The van der Waals surface area contributed by atoms with Crippen molar-refractivity contribution >= 4 is 22.8 Å². The molecule has 0 bridgehead atoms. The summed E-state index contributed by atoms with van der Waals surface area (Å²) in [6.07, 6.45) is 1.32. The van der Waals surface area contributed by atoms with Crippen LogP contribution in [0, 0.1) is 12.8 Å². The third kappa shape index (κ3) is 4.67. The molecule has 1 aliphatic rings. The van der Waals surface area contributed by atoms with Gasteiger partial charge < -0.3 is 20.4 Å². The predicted molar refractivity (Wildman–Crippen MR) is 129 cm³/mol. The minimum atomic E-state index is -0.253. The summed E-state index contributed by atoms with van der Waals surface area (Å²) in [5.74, 6) is 2.37. The number of aromatic nitrogens is 3. The number of aromatic amines is 1. The minimum Gasteiger partial charge on any atom is -0.487 e. The standard InChI is InChI=1S/C26H27N5O2/c1-17-6-5-9-21(12-17)33-16-20-14-22-25(28-20)29-24(19-7-3-2-4-8-19)30-26(22)31-11-10-18(15-31)13-23(27)32/h2-9,12,14,18H,10-11,13,15-16H2,1H3,(H2,27,32)(H,28,29,30). The van der Waals surface area contributed by atoms with Crippen LogP contribution in [-0.2, 0) is 11.4 Å². The third-order valence-electron chi connectivity index (χ3n) is 6.01. The number of primary amides is 1. The molecule has 0 radical (unpaired) electrons. The summed E-state index contributed by atoms with van der Waals surface area (Å²) >= 11 is 0. The maximum Gasteiger partial charge on any atom is 0.217 e. The molecule has 1 unspecified atom stereocenters. The molecule has 7 nitrogen and oxygen atoms in total. The van der Waals surface area contributed by atoms with Crippen molar-refractivity contribution in [3.63, 3.8) is 0 Å². The van der Waals surface area contributed by atoms with E-state index in [-0.39, 0.29) is 11.8 Å². The van der Waals surface area contributed by atoms with E-state index in [1.807, 2.05) is 61.5 Å². The second kappa shape index (κ2) is 8.94. The van der Waals surface area contributed by atoms with Crippen LogP contribution in [0.3, 0.4) is 0 Å². The lowest BCUT2D eigenvalue weighted by molar-refractivity contribution is -0.118. The van der Waals surface area contributed by atoms with Gasteiger partial charge in [0, 0.05) is 25.1 Å². The van der Waals surface area contributed by atoms with Gasteiger partial charge >= 0.3 is 0 Å². The van der Waals surface area contributed by atoms with Crippen LogP contribution in [0.2, 0.25) is 0 Å². The Morgan fingerprint density at radius 1 is 1.15 bits per heavy atom. The van der Waals surface area contributed by atoms with Crippen LogP contribution in [0.4, 0.5) is 5.82 Å². The number of hydrogen-bond donors (Lipinski definition) is 2. The summed E-state index contributed by atoms with van der Waals surface area (Å²) in [5.41, 5.74) is 9.26. The first kappa shape index (κ1) is 21.0. The number of H-pyrrole nitrogens is 1. The van der Waals surface area contributed by atoms with Gasteiger partial charge in [-0.2, -0.15) is 0 Å². The fourth-order valence-electron chi connectivity index (χ4n) is 4.43. The maximum atomic E-state index is 11.4. The van der Waals surface area contributed by atoms with E-state index in [0.717, 1.165) is 58.9 Å². The van der Waals surface area contributed by atoms with Crippen LogP contribution in [0.15, 0.2) is 60.7 Å². The van der Waals surface area contributed by atoms with Gasteiger partial charge in [0.05, 0.1) is 11.1 Å². The summed E-state index contributed by atoms with van der Waals surface area (Å²) in [6.45, 7) is 4.04. The fourth-order valence-corrected chi connectivity index (χ4v) is 4.43. The second-order valence-corrected chi connectivity index (χ2v) is 8.67. The number of amides is 1. The smallest absolute Gasteiger partial charge is 0.217 e. The molecule has 168 valence electrons. The van der Waals surface area contributed by atoms with E-state index in [1.54, 1.807) is 0 Å². The van der Waals surface area contributed by atoms with Gasteiger partial charge in [0.2, 0.25) is 5.91 Å². The molecule has 5 rings (SSSR count). The van der Waals surface area contributed by atoms with Crippen LogP contribution in [-0.4, -0.2) is 33.9 Å². The molecule has 3 heterocycles. The number of anilines is 1. The van der Waals surface area contributed by atoms with Crippen molar-refractivity contribution in [2.24, 2.45) is 11.7 Å². The number of aryl methyl sites for hydroxylation is 1. The number of hydrogen-bond acceptors (Lipinski definition) is 5. The van der Waals surface area contributed by atoms with Gasteiger partial charge in [-0.3, -0.25) is 4.79 Å². The molecule has 1 fully saturated rings. The number of fused-ring (bicyclic) bond motifs is 1.